The Morgan fingerprint density at radius 2 is 2.00 bits per heavy atom. The van der Waals surface area contributed by atoms with Crippen molar-refractivity contribution in [2.45, 2.75) is 64.1 Å². The molecule has 1 aromatic carbocycles. The Labute approximate surface area is 117 Å². The lowest BCUT2D eigenvalue weighted by atomic mass is 9.99. The Morgan fingerprint density at radius 3 is 2.79 bits per heavy atom. The van der Waals surface area contributed by atoms with Crippen molar-refractivity contribution >= 4 is 6.08 Å². The van der Waals surface area contributed by atoms with Crippen molar-refractivity contribution in [2.24, 2.45) is 0 Å². The predicted molar refractivity (Wildman–Crippen MR) is 82.1 cm³/mol. The summed E-state index contributed by atoms with van der Waals surface area (Å²) in [5.41, 5.74) is 1.26. The molecule has 1 aromatic rings. The second-order valence-corrected chi connectivity index (χ2v) is 5.49. The van der Waals surface area contributed by atoms with Crippen LogP contribution in [0.5, 0.6) is 0 Å². The van der Waals surface area contributed by atoms with Gasteiger partial charge in [-0.25, -0.2) is 0 Å². The number of benzene rings is 1. The van der Waals surface area contributed by atoms with Crippen LogP contribution < -0.4 is 0 Å². The quantitative estimate of drug-likeness (QED) is 0.636. The summed E-state index contributed by atoms with van der Waals surface area (Å²) in [6.07, 6.45) is 14.2. The van der Waals surface area contributed by atoms with Gasteiger partial charge in [0.2, 0.25) is 0 Å². The third-order valence-corrected chi connectivity index (χ3v) is 3.81. The molecule has 1 nitrogen and oxygen atoms in total. The molecule has 0 radical (unpaired) electrons. The summed E-state index contributed by atoms with van der Waals surface area (Å²) in [5.74, 6) is 0. The first-order valence-electron chi connectivity index (χ1n) is 7.77. The van der Waals surface area contributed by atoms with Crippen LogP contribution in [0.1, 0.15) is 57.4 Å². The molecule has 0 bridgehead atoms. The number of hydrogen-bond acceptors (Lipinski definition) is 1. The first kappa shape index (κ1) is 14.3. The highest BCUT2D eigenvalue weighted by atomic mass is 16.5. The zero-order valence-corrected chi connectivity index (χ0v) is 12.1. The van der Waals surface area contributed by atoms with E-state index in [1.165, 1.54) is 50.5 Å². The predicted octanol–water partition coefficient (Wildman–Crippen LogP) is 5.22. The van der Waals surface area contributed by atoms with Gasteiger partial charge >= 0.3 is 0 Å². The van der Waals surface area contributed by atoms with Gasteiger partial charge < -0.3 is 4.74 Å². The van der Waals surface area contributed by atoms with Gasteiger partial charge in [-0.3, -0.25) is 0 Å². The van der Waals surface area contributed by atoms with Gasteiger partial charge in [0.05, 0.1) is 12.2 Å². The van der Waals surface area contributed by atoms with Crippen LogP contribution in [0.3, 0.4) is 0 Å². The van der Waals surface area contributed by atoms with E-state index in [2.05, 4.69) is 49.4 Å². The molecule has 1 fully saturated rings. The van der Waals surface area contributed by atoms with E-state index in [4.69, 9.17) is 4.74 Å². The Kier molecular flexibility index (Phi) is 6.16. The summed E-state index contributed by atoms with van der Waals surface area (Å²) in [5, 5.41) is 0. The van der Waals surface area contributed by atoms with E-state index >= 15 is 0 Å². The third kappa shape index (κ3) is 5.20. The molecule has 1 heteroatoms. The van der Waals surface area contributed by atoms with Crippen molar-refractivity contribution in [3.8, 4) is 0 Å². The van der Waals surface area contributed by atoms with Gasteiger partial charge in [-0.05, 0) is 31.2 Å². The maximum atomic E-state index is 6.17. The van der Waals surface area contributed by atoms with E-state index in [0.717, 1.165) is 0 Å². The molecule has 2 atom stereocenters. The van der Waals surface area contributed by atoms with Crippen molar-refractivity contribution in [1.29, 1.82) is 0 Å². The molecule has 1 aliphatic rings. The lowest BCUT2D eigenvalue weighted by molar-refractivity contribution is -0.0295. The lowest BCUT2D eigenvalue weighted by Gasteiger charge is -2.28. The molecule has 0 unspecified atom stereocenters. The van der Waals surface area contributed by atoms with E-state index in [-0.39, 0.29) is 0 Å². The molecule has 1 heterocycles. The van der Waals surface area contributed by atoms with Gasteiger partial charge in [0, 0.05) is 0 Å². The van der Waals surface area contributed by atoms with E-state index in [1.54, 1.807) is 0 Å². The minimum absolute atomic E-state index is 0.320. The van der Waals surface area contributed by atoms with E-state index in [9.17, 15) is 0 Å². The number of rotatable bonds is 6. The van der Waals surface area contributed by atoms with Gasteiger partial charge in [-0.2, -0.15) is 0 Å². The monoisotopic (exact) mass is 258 g/mol. The van der Waals surface area contributed by atoms with Gasteiger partial charge in [-0.1, -0.05) is 68.7 Å². The zero-order chi connectivity index (χ0) is 13.3. The molecule has 0 N–H and O–H groups in total. The molecular weight excluding hydrogens is 232 g/mol. The molecule has 0 aromatic heterocycles. The zero-order valence-electron chi connectivity index (χ0n) is 12.1. The molecule has 104 valence electrons. The number of ether oxygens (including phenoxy) is 1. The molecule has 19 heavy (non-hydrogen) atoms. The van der Waals surface area contributed by atoms with Crippen molar-refractivity contribution < 1.29 is 4.74 Å². The second-order valence-electron chi connectivity index (χ2n) is 5.49. The summed E-state index contributed by atoms with van der Waals surface area (Å²) >= 11 is 0. The minimum Gasteiger partial charge on any atom is -0.371 e. The summed E-state index contributed by atoms with van der Waals surface area (Å²) in [4.78, 5) is 0. The summed E-state index contributed by atoms with van der Waals surface area (Å²) in [6.45, 7) is 2.26. The first-order valence-corrected chi connectivity index (χ1v) is 7.77. The Bertz CT molecular complexity index is 369. The first-order chi connectivity index (χ1) is 9.38. The van der Waals surface area contributed by atoms with E-state index < -0.39 is 0 Å². The molecule has 0 amide bonds. The number of hydrogen-bond donors (Lipinski definition) is 0. The van der Waals surface area contributed by atoms with Gasteiger partial charge in [0.25, 0.3) is 0 Å². The fraction of sp³-hybridized carbons (Fsp3) is 0.556. The van der Waals surface area contributed by atoms with Crippen LogP contribution in [0.2, 0.25) is 0 Å². The molecular formula is C18H26O. The van der Waals surface area contributed by atoms with Crippen LogP contribution in [0, 0.1) is 0 Å². The van der Waals surface area contributed by atoms with Crippen LogP contribution in [0.15, 0.2) is 36.4 Å². The van der Waals surface area contributed by atoms with Crippen molar-refractivity contribution in [1.82, 2.24) is 0 Å². The smallest absolute Gasteiger partial charge is 0.0762 e. The Balaban J connectivity index is 1.79. The average molecular weight is 258 g/mol. The highest BCUT2D eigenvalue weighted by Crippen LogP contribution is 2.24. The Hall–Kier alpha value is -1.08. The highest BCUT2D eigenvalue weighted by molar-refractivity contribution is 5.49. The largest absolute Gasteiger partial charge is 0.371 e. The Morgan fingerprint density at radius 1 is 1.16 bits per heavy atom. The van der Waals surface area contributed by atoms with Crippen LogP contribution in [-0.4, -0.2) is 12.2 Å². The molecule has 1 saturated heterocycles. The molecule has 0 spiro atoms. The maximum absolute atomic E-state index is 6.17. The van der Waals surface area contributed by atoms with Crippen molar-refractivity contribution in [3.63, 3.8) is 0 Å². The fourth-order valence-electron chi connectivity index (χ4n) is 2.69. The lowest BCUT2D eigenvalue weighted by Crippen LogP contribution is -2.26. The van der Waals surface area contributed by atoms with Crippen LogP contribution in [0.25, 0.3) is 6.08 Å². The SMILES string of the molecule is CCCCC[C@@H]1CCC[C@H](/C=C\c2ccccc2)O1. The maximum Gasteiger partial charge on any atom is 0.0762 e. The molecule has 0 aliphatic carbocycles. The molecule has 2 rings (SSSR count). The summed E-state index contributed by atoms with van der Waals surface area (Å²) in [6, 6.07) is 10.5. The van der Waals surface area contributed by atoms with Crippen molar-refractivity contribution in [2.75, 3.05) is 0 Å². The number of unbranched alkanes of at least 4 members (excludes halogenated alkanes) is 2. The minimum atomic E-state index is 0.320. The average Bonchev–Trinajstić information content (AvgIpc) is 2.47. The fourth-order valence-corrected chi connectivity index (χ4v) is 2.69. The van der Waals surface area contributed by atoms with Crippen molar-refractivity contribution in [3.05, 3.63) is 42.0 Å². The molecule has 1 aliphatic heterocycles. The molecule has 0 saturated carbocycles. The third-order valence-electron chi connectivity index (χ3n) is 3.81. The highest BCUT2D eigenvalue weighted by Gasteiger charge is 2.19. The normalized spacial score (nSPS) is 23.8. The van der Waals surface area contributed by atoms with Gasteiger partial charge in [-0.15, -0.1) is 0 Å². The standard InChI is InChI=1S/C18H26O/c1-2-3-5-11-17-12-8-13-18(19-17)15-14-16-9-6-4-7-10-16/h4,6-7,9-10,14-15,17-18H,2-3,5,8,11-13H2,1H3/b15-14-/t17-,18-/m1/s1. The van der Waals surface area contributed by atoms with E-state index in [0.29, 0.717) is 12.2 Å². The van der Waals surface area contributed by atoms with Gasteiger partial charge in [0.15, 0.2) is 0 Å². The van der Waals surface area contributed by atoms with Gasteiger partial charge in [0.1, 0.15) is 0 Å². The van der Waals surface area contributed by atoms with Crippen LogP contribution in [-0.2, 0) is 4.74 Å². The summed E-state index contributed by atoms with van der Waals surface area (Å²) < 4.78 is 6.17. The van der Waals surface area contributed by atoms with Crippen LogP contribution in [0.4, 0.5) is 0 Å². The van der Waals surface area contributed by atoms with E-state index in [1.807, 2.05) is 0 Å². The topological polar surface area (TPSA) is 9.23 Å². The second kappa shape index (κ2) is 8.16. The van der Waals surface area contributed by atoms with Crippen LogP contribution >= 0.6 is 0 Å². The summed E-state index contributed by atoms with van der Waals surface area (Å²) in [7, 11) is 0.